The maximum atomic E-state index is 12.2. The molecule has 0 saturated carbocycles. The zero-order chi connectivity index (χ0) is 16.5. The van der Waals surface area contributed by atoms with Crippen molar-refractivity contribution < 1.29 is 9.53 Å². The van der Waals surface area contributed by atoms with E-state index in [0.29, 0.717) is 18.7 Å². The van der Waals surface area contributed by atoms with Crippen molar-refractivity contribution in [3.63, 3.8) is 0 Å². The van der Waals surface area contributed by atoms with Crippen LogP contribution in [0.25, 0.3) is 0 Å². The summed E-state index contributed by atoms with van der Waals surface area (Å²) in [5.41, 5.74) is 1.76. The van der Waals surface area contributed by atoms with Gasteiger partial charge in [-0.05, 0) is 36.8 Å². The number of carbonyl (C=O) groups excluding carboxylic acids is 1. The molecule has 0 fully saturated rings. The molecule has 0 bridgehead atoms. The number of rotatable bonds is 8. The van der Waals surface area contributed by atoms with Crippen molar-refractivity contribution in [1.82, 2.24) is 5.32 Å². The molecule has 0 aliphatic rings. The zero-order valence-electron chi connectivity index (χ0n) is 13.8. The number of para-hydroxylation sites is 1. The van der Waals surface area contributed by atoms with Crippen molar-refractivity contribution in [2.75, 3.05) is 31.6 Å². The van der Waals surface area contributed by atoms with Gasteiger partial charge in [0, 0.05) is 31.4 Å². The third kappa shape index (κ3) is 5.33. The van der Waals surface area contributed by atoms with Gasteiger partial charge in [-0.1, -0.05) is 31.2 Å². The second-order valence-corrected chi connectivity index (χ2v) is 5.39. The molecule has 0 radical (unpaired) electrons. The zero-order valence-corrected chi connectivity index (χ0v) is 13.8. The molecule has 23 heavy (non-hydrogen) atoms. The van der Waals surface area contributed by atoms with Gasteiger partial charge in [0.05, 0.1) is 6.61 Å². The predicted octanol–water partition coefficient (Wildman–Crippen LogP) is 3.34. The number of anilines is 1. The average molecular weight is 312 g/mol. The van der Waals surface area contributed by atoms with Gasteiger partial charge in [-0.2, -0.15) is 0 Å². The smallest absolute Gasteiger partial charge is 0.251 e. The van der Waals surface area contributed by atoms with Gasteiger partial charge in [-0.15, -0.1) is 0 Å². The summed E-state index contributed by atoms with van der Waals surface area (Å²) in [6.07, 6.45) is 0.947. The van der Waals surface area contributed by atoms with E-state index in [1.54, 1.807) is 12.1 Å². The minimum Gasteiger partial charge on any atom is -0.494 e. The molecule has 2 aromatic rings. The summed E-state index contributed by atoms with van der Waals surface area (Å²) in [4.78, 5) is 14.3. The first-order chi connectivity index (χ1) is 11.2. The highest BCUT2D eigenvalue weighted by Crippen LogP contribution is 2.14. The van der Waals surface area contributed by atoms with Gasteiger partial charge in [0.15, 0.2) is 0 Å². The normalized spacial score (nSPS) is 10.2. The Bertz CT molecular complexity index is 614. The maximum Gasteiger partial charge on any atom is 0.251 e. The van der Waals surface area contributed by atoms with Crippen molar-refractivity contribution in [2.45, 2.75) is 13.3 Å². The van der Waals surface area contributed by atoms with Crippen molar-refractivity contribution in [3.05, 3.63) is 60.2 Å². The van der Waals surface area contributed by atoms with Crippen LogP contribution in [-0.2, 0) is 0 Å². The first kappa shape index (κ1) is 16.9. The molecule has 4 heteroatoms. The Hall–Kier alpha value is -2.49. The first-order valence-corrected chi connectivity index (χ1v) is 7.98. The van der Waals surface area contributed by atoms with E-state index < -0.39 is 0 Å². The summed E-state index contributed by atoms with van der Waals surface area (Å²) in [5, 5.41) is 2.95. The Morgan fingerprint density at radius 1 is 1.13 bits per heavy atom. The fraction of sp³-hybridized carbons (Fsp3) is 0.316. The van der Waals surface area contributed by atoms with Crippen LogP contribution in [0.4, 0.5) is 5.69 Å². The lowest BCUT2D eigenvalue weighted by molar-refractivity contribution is 0.0954. The Kier molecular flexibility index (Phi) is 6.48. The van der Waals surface area contributed by atoms with Crippen LogP contribution < -0.4 is 15.0 Å². The third-order valence-corrected chi connectivity index (χ3v) is 3.50. The number of likely N-dealkylation sites (N-methyl/N-ethyl adjacent to an activating group) is 1. The summed E-state index contributed by atoms with van der Waals surface area (Å²) >= 11 is 0. The largest absolute Gasteiger partial charge is 0.494 e. The molecular formula is C19H24N2O2. The number of nitrogens with zero attached hydrogens (tertiary/aromatic N) is 1. The molecule has 1 N–H and O–H groups in total. The van der Waals surface area contributed by atoms with Crippen molar-refractivity contribution in [3.8, 4) is 5.75 Å². The van der Waals surface area contributed by atoms with Gasteiger partial charge in [0.25, 0.3) is 5.91 Å². The fourth-order valence-corrected chi connectivity index (χ4v) is 2.20. The van der Waals surface area contributed by atoms with Crippen LogP contribution in [-0.4, -0.2) is 32.7 Å². The standard InChI is InChI=1S/C19H24N2O2/c1-3-14-23-18-11-7-8-16(15-18)19(22)20-12-13-21(2)17-9-5-4-6-10-17/h4-11,15H,3,12-14H2,1-2H3,(H,20,22). The maximum absolute atomic E-state index is 12.2. The van der Waals surface area contributed by atoms with E-state index in [2.05, 4.69) is 29.3 Å². The summed E-state index contributed by atoms with van der Waals surface area (Å²) in [5.74, 6) is 0.661. The topological polar surface area (TPSA) is 41.6 Å². The molecule has 0 spiro atoms. The van der Waals surface area contributed by atoms with Crippen LogP contribution in [0.15, 0.2) is 54.6 Å². The van der Waals surface area contributed by atoms with Crippen molar-refractivity contribution >= 4 is 11.6 Å². The molecule has 0 heterocycles. The predicted molar refractivity (Wildman–Crippen MR) is 94.3 cm³/mol. The Labute approximate surface area is 138 Å². The van der Waals surface area contributed by atoms with Crippen LogP contribution in [0.3, 0.4) is 0 Å². The van der Waals surface area contributed by atoms with Gasteiger partial charge < -0.3 is 15.0 Å². The van der Waals surface area contributed by atoms with Crippen molar-refractivity contribution in [1.29, 1.82) is 0 Å². The molecule has 0 unspecified atom stereocenters. The van der Waals surface area contributed by atoms with Crippen LogP contribution in [0.2, 0.25) is 0 Å². The molecule has 4 nitrogen and oxygen atoms in total. The number of amides is 1. The van der Waals surface area contributed by atoms with E-state index in [0.717, 1.165) is 24.4 Å². The number of nitrogens with one attached hydrogen (secondary N) is 1. The lowest BCUT2D eigenvalue weighted by Crippen LogP contribution is -2.32. The minimum atomic E-state index is -0.0755. The van der Waals surface area contributed by atoms with Gasteiger partial charge in [-0.3, -0.25) is 4.79 Å². The fourth-order valence-electron chi connectivity index (χ4n) is 2.20. The highest BCUT2D eigenvalue weighted by molar-refractivity contribution is 5.94. The molecule has 0 aliphatic carbocycles. The van der Waals surface area contributed by atoms with E-state index in [1.807, 2.05) is 37.4 Å². The lowest BCUT2D eigenvalue weighted by atomic mass is 10.2. The second kappa shape index (κ2) is 8.83. The molecule has 0 atom stereocenters. The van der Waals surface area contributed by atoms with E-state index in [9.17, 15) is 4.79 Å². The second-order valence-electron chi connectivity index (χ2n) is 5.39. The van der Waals surface area contributed by atoms with Gasteiger partial charge in [-0.25, -0.2) is 0 Å². The van der Waals surface area contributed by atoms with Gasteiger partial charge >= 0.3 is 0 Å². The molecule has 0 saturated heterocycles. The molecule has 2 aromatic carbocycles. The van der Waals surface area contributed by atoms with E-state index >= 15 is 0 Å². The number of hydrogen-bond acceptors (Lipinski definition) is 3. The van der Waals surface area contributed by atoms with Crippen LogP contribution in [0.1, 0.15) is 23.7 Å². The molecule has 2 rings (SSSR count). The Balaban J connectivity index is 1.83. The average Bonchev–Trinajstić information content (AvgIpc) is 2.60. The van der Waals surface area contributed by atoms with Crippen LogP contribution in [0, 0.1) is 0 Å². The van der Waals surface area contributed by atoms with Gasteiger partial charge in [0.1, 0.15) is 5.75 Å². The summed E-state index contributed by atoms with van der Waals surface area (Å²) < 4.78 is 5.56. The number of carbonyl (C=O) groups is 1. The minimum absolute atomic E-state index is 0.0755. The molecule has 0 aliphatic heterocycles. The number of hydrogen-bond donors (Lipinski definition) is 1. The highest BCUT2D eigenvalue weighted by atomic mass is 16.5. The van der Waals surface area contributed by atoms with Crippen LogP contribution >= 0.6 is 0 Å². The Morgan fingerprint density at radius 2 is 1.91 bits per heavy atom. The molecule has 0 aromatic heterocycles. The third-order valence-electron chi connectivity index (χ3n) is 3.50. The quantitative estimate of drug-likeness (QED) is 0.813. The highest BCUT2D eigenvalue weighted by Gasteiger charge is 2.07. The first-order valence-electron chi connectivity index (χ1n) is 7.98. The molecule has 122 valence electrons. The molecule has 1 amide bonds. The van der Waals surface area contributed by atoms with E-state index in [1.165, 1.54) is 0 Å². The number of benzene rings is 2. The summed E-state index contributed by atoms with van der Waals surface area (Å²) in [6.45, 7) is 4.05. The lowest BCUT2D eigenvalue weighted by Gasteiger charge is -2.19. The van der Waals surface area contributed by atoms with Gasteiger partial charge in [0.2, 0.25) is 0 Å². The molecular weight excluding hydrogens is 288 g/mol. The monoisotopic (exact) mass is 312 g/mol. The Morgan fingerprint density at radius 3 is 2.65 bits per heavy atom. The van der Waals surface area contributed by atoms with E-state index in [4.69, 9.17) is 4.74 Å². The van der Waals surface area contributed by atoms with Crippen LogP contribution in [0.5, 0.6) is 5.75 Å². The SMILES string of the molecule is CCCOc1cccc(C(=O)NCCN(C)c2ccccc2)c1. The summed E-state index contributed by atoms with van der Waals surface area (Å²) in [7, 11) is 2.01. The summed E-state index contributed by atoms with van der Waals surface area (Å²) in [6, 6.07) is 17.4. The number of ether oxygens (including phenoxy) is 1. The van der Waals surface area contributed by atoms with E-state index in [-0.39, 0.29) is 5.91 Å². The van der Waals surface area contributed by atoms with Crippen molar-refractivity contribution in [2.24, 2.45) is 0 Å².